The van der Waals surface area contributed by atoms with Crippen LogP contribution in [0.2, 0.25) is 0 Å². The summed E-state index contributed by atoms with van der Waals surface area (Å²) in [5, 5.41) is 17.1. The molecule has 1 aromatic heterocycles. The van der Waals surface area contributed by atoms with Crippen LogP contribution in [0.5, 0.6) is 5.75 Å². The average molecular weight is 163 g/mol. The molecule has 0 unspecified atom stereocenters. The Morgan fingerprint density at radius 2 is 2.17 bits per heavy atom. The summed E-state index contributed by atoms with van der Waals surface area (Å²) in [6.45, 7) is 1.85. The number of nitrogens with zero attached hydrogens (tertiary/aromatic N) is 3. The Kier molecular flexibility index (Phi) is 1.30. The van der Waals surface area contributed by atoms with Crippen LogP contribution in [0.15, 0.2) is 12.1 Å². The molecule has 62 valence electrons. The van der Waals surface area contributed by atoms with Crippen molar-refractivity contribution in [3.8, 4) is 5.75 Å². The number of hydrogen-bond acceptors (Lipinski definition) is 3. The van der Waals surface area contributed by atoms with Crippen LogP contribution >= 0.6 is 0 Å². The smallest absolute Gasteiger partial charge is 0.120 e. The minimum Gasteiger partial charge on any atom is -0.508 e. The third-order valence-electron chi connectivity index (χ3n) is 1.93. The predicted molar refractivity (Wildman–Crippen MR) is 44.9 cm³/mol. The van der Waals surface area contributed by atoms with Gasteiger partial charge in [0, 0.05) is 13.1 Å². The Morgan fingerprint density at radius 1 is 1.42 bits per heavy atom. The SMILES string of the molecule is Cc1cc2c(cc1O)nnn2C. The lowest BCUT2D eigenvalue weighted by Crippen LogP contribution is -1.89. The van der Waals surface area contributed by atoms with Gasteiger partial charge in [-0.3, -0.25) is 0 Å². The molecule has 0 aliphatic rings. The lowest BCUT2D eigenvalue weighted by atomic mass is 10.2. The van der Waals surface area contributed by atoms with Gasteiger partial charge in [-0.15, -0.1) is 5.10 Å². The number of fused-ring (bicyclic) bond motifs is 1. The van der Waals surface area contributed by atoms with Crippen LogP contribution in [-0.2, 0) is 7.05 Å². The minimum atomic E-state index is 0.267. The van der Waals surface area contributed by atoms with Crippen LogP contribution < -0.4 is 0 Å². The fraction of sp³-hybridized carbons (Fsp3) is 0.250. The zero-order valence-corrected chi connectivity index (χ0v) is 6.94. The molecule has 0 fully saturated rings. The van der Waals surface area contributed by atoms with Crippen molar-refractivity contribution in [3.05, 3.63) is 17.7 Å². The topological polar surface area (TPSA) is 50.9 Å². The normalized spacial score (nSPS) is 10.8. The fourth-order valence-electron chi connectivity index (χ4n) is 1.17. The van der Waals surface area contributed by atoms with Gasteiger partial charge in [0.25, 0.3) is 0 Å². The number of hydrogen-bond donors (Lipinski definition) is 1. The molecule has 4 nitrogen and oxygen atoms in total. The van der Waals surface area contributed by atoms with Gasteiger partial charge in [0.2, 0.25) is 0 Å². The predicted octanol–water partition coefficient (Wildman–Crippen LogP) is 0.982. The summed E-state index contributed by atoms with van der Waals surface area (Å²) >= 11 is 0. The van der Waals surface area contributed by atoms with E-state index in [4.69, 9.17) is 0 Å². The van der Waals surface area contributed by atoms with Crippen LogP contribution in [0.25, 0.3) is 11.0 Å². The number of phenolic OH excluding ortho intramolecular Hbond substituents is 1. The zero-order chi connectivity index (χ0) is 8.72. The van der Waals surface area contributed by atoms with E-state index in [2.05, 4.69) is 10.3 Å². The maximum atomic E-state index is 9.35. The highest BCUT2D eigenvalue weighted by atomic mass is 16.3. The van der Waals surface area contributed by atoms with Gasteiger partial charge < -0.3 is 5.11 Å². The summed E-state index contributed by atoms with van der Waals surface area (Å²) in [6.07, 6.45) is 0. The Morgan fingerprint density at radius 3 is 2.92 bits per heavy atom. The molecule has 0 aliphatic heterocycles. The second-order valence-corrected chi connectivity index (χ2v) is 2.84. The van der Waals surface area contributed by atoms with E-state index >= 15 is 0 Å². The van der Waals surface area contributed by atoms with E-state index in [1.54, 1.807) is 10.7 Å². The Labute approximate surface area is 69.4 Å². The summed E-state index contributed by atoms with van der Waals surface area (Å²) in [7, 11) is 1.83. The summed E-state index contributed by atoms with van der Waals surface area (Å²) in [6, 6.07) is 3.49. The third-order valence-corrected chi connectivity index (χ3v) is 1.93. The highest BCUT2D eigenvalue weighted by molar-refractivity contribution is 5.77. The average Bonchev–Trinajstić information content (AvgIpc) is 2.35. The van der Waals surface area contributed by atoms with Gasteiger partial charge in [0.15, 0.2) is 0 Å². The van der Waals surface area contributed by atoms with Crippen LogP contribution in [0.3, 0.4) is 0 Å². The Balaban J connectivity index is 2.87. The molecule has 1 aromatic carbocycles. The van der Waals surface area contributed by atoms with Crippen molar-refractivity contribution in [2.24, 2.45) is 7.05 Å². The molecule has 0 atom stereocenters. The molecule has 1 N–H and O–H groups in total. The first-order valence-corrected chi connectivity index (χ1v) is 3.67. The summed E-state index contributed by atoms with van der Waals surface area (Å²) < 4.78 is 1.68. The van der Waals surface area contributed by atoms with E-state index in [0.29, 0.717) is 0 Å². The standard InChI is InChI=1S/C8H9N3O/c1-5-3-7-6(4-8(5)12)9-10-11(7)2/h3-4,12H,1-2H3. The first-order valence-electron chi connectivity index (χ1n) is 3.67. The number of rotatable bonds is 0. The van der Waals surface area contributed by atoms with Gasteiger partial charge >= 0.3 is 0 Å². The molecule has 0 saturated heterocycles. The number of aromatic nitrogens is 3. The van der Waals surface area contributed by atoms with E-state index in [1.807, 2.05) is 20.0 Å². The molecule has 0 radical (unpaired) electrons. The van der Waals surface area contributed by atoms with Crippen LogP contribution in [0.4, 0.5) is 0 Å². The van der Waals surface area contributed by atoms with Gasteiger partial charge in [0.05, 0.1) is 5.52 Å². The van der Waals surface area contributed by atoms with Gasteiger partial charge in [-0.1, -0.05) is 5.21 Å². The molecule has 4 heteroatoms. The molecule has 12 heavy (non-hydrogen) atoms. The van der Waals surface area contributed by atoms with Gasteiger partial charge in [-0.2, -0.15) is 0 Å². The molecular formula is C8H9N3O. The Bertz CT molecular complexity index is 433. The van der Waals surface area contributed by atoms with Crippen LogP contribution in [0, 0.1) is 6.92 Å². The Hall–Kier alpha value is -1.58. The molecule has 1 heterocycles. The molecule has 0 amide bonds. The molecule has 0 aliphatic carbocycles. The van der Waals surface area contributed by atoms with E-state index in [0.717, 1.165) is 16.6 Å². The highest BCUT2D eigenvalue weighted by Crippen LogP contribution is 2.21. The molecule has 2 rings (SSSR count). The van der Waals surface area contributed by atoms with Gasteiger partial charge in [-0.05, 0) is 18.6 Å². The van der Waals surface area contributed by atoms with Gasteiger partial charge in [-0.25, -0.2) is 4.68 Å². The second-order valence-electron chi connectivity index (χ2n) is 2.84. The molecule has 0 bridgehead atoms. The number of phenols is 1. The first-order chi connectivity index (χ1) is 5.68. The molecule has 2 aromatic rings. The second kappa shape index (κ2) is 2.20. The zero-order valence-electron chi connectivity index (χ0n) is 6.94. The summed E-state index contributed by atoms with van der Waals surface area (Å²) in [5.41, 5.74) is 2.50. The number of benzene rings is 1. The van der Waals surface area contributed by atoms with E-state index in [1.165, 1.54) is 0 Å². The summed E-state index contributed by atoms with van der Waals surface area (Å²) in [4.78, 5) is 0. The third kappa shape index (κ3) is 0.845. The lowest BCUT2D eigenvalue weighted by Gasteiger charge is -1.97. The molecular weight excluding hydrogens is 154 g/mol. The van der Waals surface area contributed by atoms with Crippen molar-refractivity contribution < 1.29 is 5.11 Å². The number of aromatic hydroxyl groups is 1. The van der Waals surface area contributed by atoms with E-state index in [9.17, 15) is 5.11 Å². The highest BCUT2D eigenvalue weighted by Gasteiger charge is 2.04. The van der Waals surface area contributed by atoms with Crippen molar-refractivity contribution in [1.82, 2.24) is 15.0 Å². The summed E-state index contributed by atoms with van der Waals surface area (Å²) in [5.74, 6) is 0.267. The van der Waals surface area contributed by atoms with E-state index in [-0.39, 0.29) is 5.75 Å². The lowest BCUT2D eigenvalue weighted by molar-refractivity contribution is 0.472. The van der Waals surface area contributed by atoms with Crippen molar-refractivity contribution in [2.45, 2.75) is 6.92 Å². The van der Waals surface area contributed by atoms with Crippen molar-refractivity contribution in [1.29, 1.82) is 0 Å². The van der Waals surface area contributed by atoms with E-state index < -0.39 is 0 Å². The van der Waals surface area contributed by atoms with Crippen LogP contribution in [-0.4, -0.2) is 20.1 Å². The number of aryl methyl sites for hydroxylation is 2. The van der Waals surface area contributed by atoms with Crippen molar-refractivity contribution in [2.75, 3.05) is 0 Å². The fourth-order valence-corrected chi connectivity index (χ4v) is 1.17. The van der Waals surface area contributed by atoms with Crippen molar-refractivity contribution >= 4 is 11.0 Å². The largest absolute Gasteiger partial charge is 0.508 e. The maximum absolute atomic E-state index is 9.35. The quantitative estimate of drug-likeness (QED) is 0.629. The first kappa shape index (κ1) is 7.09. The minimum absolute atomic E-state index is 0.267. The molecule has 0 saturated carbocycles. The van der Waals surface area contributed by atoms with Gasteiger partial charge in [0.1, 0.15) is 11.3 Å². The molecule has 0 spiro atoms. The van der Waals surface area contributed by atoms with Crippen molar-refractivity contribution in [3.63, 3.8) is 0 Å². The van der Waals surface area contributed by atoms with Crippen LogP contribution in [0.1, 0.15) is 5.56 Å². The monoisotopic (exact) mass is 163 g/mol. The maximum Gasteiger partial charge on any atom is 0.120 e.